The van der Waals surface area contributed by atoms with Crippen LogP contribution in [0.2, 0.25) is 0 Å². The molecule has 4 nitrogen and oxygen atoms in total. The Labute approximate surface area is 119 Å². The van der Waals surface area contributed by atoms with Crippen molar-refractivity contribution >= 4 is 21.4 Å². The summed E-state index contributed by atoms with van der Waals surface area (Å²) >= 11 is 0. The summed E-state index contributed by atoms with van der Waals surface area (Å²) in [7, 11) is -3.10. The molecule has 1 N–H and O–H groups in total. The summed E-state index contributed by atoms with van der Waals surface area (Å²) < 4.78 is 22.6. The van der Waals surface area contributed by atoms with Gasteiger partial charge in [-0.1, -0.05) is 23.8 Å². The highest BCUT2D eigenvalue weighted by atomic mass is 32.2. The van der Waals surface area contributed by atoms with E-state index in [1.165, 1.54) is 5.41 Å². The molecule has 0 bridgehead atoms. The standard InChI is InChI=1S/C15H19NO3S/c1-10-6-11(2)15(12(3)7-10)16-14(17)8-13-4-5-20(18,19)9-13/h4-7,13H,8-9H2,1-3H3,(H,16,17). The van der Waals surface area contributed by atoms with Crippen molar-refractivity contribution in [3.05, 3.63) is 40.3 Å². The number of amides is 1. The van der Waals surface area contributed by atoms with E-state index in [-0.39, 0.29) is 24.0 Å². The minimum atomic E-state index is -3.10. The van der Waals surface area contributed by atoms with Crippen LogP contribution < -0.4 is 5.32 Å². The number of hydrogen-bond donors (Lipinski definition) is 1. The smallest absolute Gasteiger partial charge is 0.225 e. The third kappa shape index (κ3) is 3.48. The highest BCUT2D eigenvalue weighted by Crippen LogP contribution is 2.24. The van der Waals surface area contributed by atoms with Crippen molar-refractivity contribution < 1.29 is 13.2 Å². The van der Waals surface area contributed by atoms with Gasteiger partial charge in [0, 0.05) is 23.4 Å². The number of nitrogens with one attached hydrogen (secondary N) is 1. The third-order valence-corrected chi connectivity index (χ3v) is 4.86. The maximum absolute atomic E-state index is 12.0. The molecule has 0 aliphatic carbocycles. The molecule has 0 saturated carbocycles. The monoisotopic (exact) mass is 293 g/mol. The van der Waals surface area contributed by atoms with E-state index in [2.05, 4.69) is 5.32 Å². The second-order valence-electron chi connectivity index (χ2n) is 5.44. The van der Waals surface area contributed by atoms with Crippen LogP contribution in [0.5, 0.6) is 0 Å². The fourth-order valence-corrected chi connectivity index (χ4v) is 3.97. The Morgan fingerprint density at radius 2 is 1.85 bits per heavy atom. The van der Waals surface area contributed by atoms with Crippen molar-refractivity contribution in [3.63, 3.8) is 0 Å². The van der Waals surface area contributed by atoms with E-state index in [4.69, 9.17) is 0 Å². The number of carbonyl (C=O) groups is 1. The maximum atomic E-state index is 12.0. The fourth-order valence-electron chi connectivity index (χ4n) is 2.57. The number of rotatable bonds is 3. The third-order valence-electron chi connectivity index (χ3n) is 3.39. The number of hydrogen-bond acceptors (Lipinski definition) is 3. The molecule has 1 unspecified atom stereocenters. The van der Waals surface area contributed by atoms with Gasteiger partial charge in [-0.25, -0.2) is 8.42 Å². The quantitative estimate of drug-likeness (QED) is 0.931. The first-order valence-corrected chi connectivity index (χ1v) is 8.27. The second-order valence-corrected chi connectivity index (χ2v) is 7.38. The van der Waals surface area contributed by atoms with E-state index in [1.807, 2.05) is 32.9 Å². The molecule has 5 heteroatoms. The molecule has 0 saturated heterocycles. The number of benzene rings is 1. The average molecular weight is 293 g/mol. The van der Waals surface area contributed by atoms with Crippen LogP contribution >= 0.6 is 0 Å². The summed E-state index contributed by atoms with van der Waals surface area (Å²) in [6.45, 7) is 5.92. The van der Waals surface area contributed by atoms with Gasteiger partial charge in [0.25, 0.3) is 0 Å². The van der Waals surface area contributed by atoms with Crippen molar-refractivity contribution in [1.82, 2.24) is 0 Å². The summed E-state index contributed by atoms with van der Waals surface area (Å²) in [5, 5.41) is 4.09. The molecule has 1 aliphatic rings. The van der Waals surface area contributed by atoms with Gasteiger partial charge in [0.1, 0.15) is 0 Å². The van der Waals surface area contributed by atoms with E-state index in [0.717, 1.165) is 22.4 Å². The van der Waals surface area contributed by atoms with Gasteiger partial charge < -0.3 is 5.32 Å². The van der Waals surface area contributed by atoms with Crippen LogP contribution in [0, 0.1) is 26.7 Å². The topological polar surface area (TPSA) is 63.2 Å². The van der Waals surface area contributed by atoms with Crippen LogP contribution in [0.4, 0.5) is 5.69 Å². The fraction of sp³-hybridized carbons (Fsp3) is 0.400. The first-order valence-electron chi connectivity index (χ1n) is 6.55. The molecular formula is C15H19NO3S. The molecule has 0 radical (unpaired) electrons. The zero-order valence-electron chi connectivity index (χ0n) is 11.9. The Balaban J connectivity index is 2.05. The number of sulfone groups is 1. The minimum Gasteiger partial charge on any atom is -0.326 e. The van der Waals surface area contributed by atoms with Crippen LogP contribution in [0.1, 0.15) is 23.1 Å². The summed E-state index contributed by atoms with van der Waals surface area (Å²) in [5.41, 5.74) is 4.02. The Bertz CT molecular complexity index is 651. The first kappa shape index (κ1) is 14.8. The molecule has 1 aromatic rings. The van der Waals surface area contributed by atoms with E-state index in [0.29, 0.717) is 0 Å². The largest absolute Gasteiger partial charge is 0.326 e. The van der Waals surface area contributed by atoms with Gasteiger partial charge in [0.05, 0.1) is 5.75 Å². The van der Waals surface area contributed by atoms with E-state index in [9.17, 15) is 13.2 Å². The molecule has 1 aromatic carbocycles. The molecule has 20 heavy (non-hydrogen) atoms. The van der Waals surface area contributed by atoms with Gasteiger partial charge in [-0.05, 0) is 31.9 Å². The molecule has 1 amide bonds. The summed E-state index contributed by atoms with van der Waals surface area (Å²) in [4.78, 5) is 12.0. The Morgan fingerprint density at radius 1 is 1.25 bits per heavy atom. The SMILES string of the molecule is Cc1cc(C)c(NC(=O)CC2C=CS(=O)(=O)C2)c(C)c1. The number of allylic oxidation sites excluding steroid dienone is 1. The van der Waals surface area contributed by atoms with Crippen molar-refractivity contribution in [2.24, 2.45) is 5.92 Å². The zero-order valence-corrected chi connectivity index (χ0v) is 12.8. The van der Waals surface area contributed by atoms with E-state index >= 15 is 0 Å². The van der Waals surface area contributed by atoms with Gasteiger partial charge in [-0.15, -0.1) is 0 Å². The Kier molecular flexibility index (Phi) is 3.99. The Morgan fingerprint density at radius 3 is 2.35 bits per heavy atom. The van der Waals surface area contributed by atoms with Crippen LogP contribution in [0.15, 0.2) is 23.6 Å². The maximum Gasteiger partial charge on any atom is 0.225 e. The molecule has 108 valence electrons. The molecule has 0 spiro atoms. The van der Waals surface area contributed by atoms with Crippen LogP contribution in [0.3, 0.4) is 0 Å². The van der Waals surface area contributed by atoms with E-state index < -0.39 is 9.84 Å². The molecule has 1 aliphatic heterocycles. The van der Waals surface area contributed by atoms with Gasteiger partial charge in [-0.2, -0.15) is 0 Å². The van der Waals surface area contributed by atoms with Gasteiger partial charge >= 0.3 is 0 Å². The lowest BCUT2D eigenvalue weighted by atomic mass is 10.0. The lowest BCUT2D eigenvalue weighted by Crippen LogP contribution is -2.18. The predicted octanol–water partition coefficient (Wildman–Crippen LogP) is 2.50. The van der Waals surface area contributed by atoms with Crippen LogP contribution in [-0.4, -0.2) is 20.1 Å². The number of carbonyl (C=O) groups excluding carboxylic acids is 1. The zero-order chi connectivity index (χ0) is 14.9. The molecule has 1 atom stereocenters. The highest BCUT2D eigenvalue weighted by Gasteiger charge is 2.24. The van der Waals surface area contributed by atoms with Gasteiger partial charge in [0.2, 0.25) is 5.91 Å². The highest BCUT2D eigenvalue weighted by molar-refractivity contribution is 7.94. The average Bonchev–Trinajstić information content (AvgIpc) is 2.63. The van der Waals surface area contributed by atoms with E-state index in [1.54, 1.807) is 6.08 Å². The minimum absolute atomic E-state index is 0.0340. The van der Waals surface area contributed by atoms with Crippen molar-refractivity contribution in [2.45, 2.75) is 27.2 Å². The first-order chi connectivity index (χ1) is 9.27. The molecule has 0 fully saturated rings. The van der Waals surface area contributed by atoms with Crippen molar-refractivity contribution in [2.75, 3.05) is 11.1 Å². The summed E-state index contributed by atoms with van der Waals surface area (Å²) in [6.07, 6.45) is 1.80. The second kappa shape index (κ2) is 5.40. The molecule has 1 heterocycles. The van der Waals surface area contributed by atoms with Crippen molar-refractivity contribution in [3.8, 4) is 0 Å². The summed E-state index contributed by atoms with van der Waals surface area (Å²) in [6, 6.07) is 4.03. The lowest BCUT2D eigenvalue weighted by molar-refractivity contribution is -0.116. The lowest BCUT2D eigenvalue weighted by Gasteiger charge is -2.14. The number of aryl methyl sites for hydroxylation is 3. The predicted molar refractivity (Wildman–Crippen MR) is 80.3 cm³/mol. The molecule has 0 aromatic heterocycles. The summed E-state index contributed by atoms with van der Waals surface area (Å²) in [5.74, 6) is -0.329. The van der Waals surface area contributed by atoms with Crippen LogP contribution in [-0.2, 0) is 14.6 Å². The molecule has 2 rings (SSSR count). The van der Waals surface area contributed by atoms with Gasteiger partial charge in [-0.3, -0.25) is 4.79 Å². The molecular weight excluding hydrogens is 274 g/mol. The van der Waals surface area contributed by atoms with Crippen LogP contribution in [0.25, 0.3) is 0 Å². The Hall–Kier alpha value is -1.62. The normalized spacial score (nSPS) is 20.1. The number of anilines is 1. The van der Waals surface area contributed by atoms with Gasteiger partial charge in [0.15, 0.2) is 9.84 Å². The van der Waals surface area contributed by atoms with Crippen molar-refractivity contribution in [1.29, 1.82) is 0 Å².